The number of rotatable bonds is 3. The number of hydrogen-bond acceptors (Lipinski definition) is 5. The second-order valence-corrected chi connectivity index (χ2v) is 7.86. The number of fused-ring (bicyclic) bond motifs is 1. The van der Waals surface area contributed by atoms with Crippen molar-refractivity contribution in [1.82, 2.24) is 9.88 Å². The molecule has 1 aliphatic rings. The van der Waals surface area contributed by atoms with Crippen LogP contribution in [0, 0.1) is 0 Å². The van der Waals surface area contributed by atoms with E-state index < -0.39 is 9.84 Å². The highest BCUT2D eigenvalue weighted by molar-refractivity contribution is 7.91. The van der Waals surface area contributed by atoms with Gasteiger partial charge in [0.05, 0.1) is 11.5 Å². The summed E-state index contributed by atoms with van der Waals surface area (Å²) in [4.78, 5) is 6.12. The van der Waals surface area contributed by atoms with Gasteiger partial charge >= 0.3 is 0 Å². The molecule has 0 aliphatic carbocycles. The van der Waals surface area contributed by atoms with Crippen molar-refractivity contribution in [3.8, 4) is 5.75 Å². The summed E-state index contributed by atoms with van der Waals surface area (Å²) in [5.74, 6) is 0.682. The zero-order valence-electron chi connectivity index (χ0n) is 11.9. The molecule has 1 aromatic heterocycles. The van der Waals surface area contributed by atoms with E-state index in [2.05, 4.69) is 4.98 Å². The molecule has 2 heterocycles. The van der Waals surface area contributed by atoms with Gasteiger partial charge in [-0.25, -0.2) is 8.42 Å². The fourth-order valence-corrected chi connectivity index (χ4v) is 4.68. The van der Waals surface area contributed by atoms with Crippen LogP contribution in [0.5, 0.6) is 5.75 Å². The van der Waals surface area contributed by atoms with Gasteiger partial charge in [-0.1, -0.05) is 6.07 Å². The van der Waals surface area contributed by atoms with E-state index in [0.29, 0.717) is 13.0 Å². The number of phenols is 1. The maximum Gasteiger partial charge on any atom is 0.151 e. The topological polar surface area (TPSA) is 70.5 Å². The van der Waals surface area contributed by atoms with Crippen LogP contribution in [-0.4, -0.2) is 48.0 Å². The van der Waals surface area contributed by atoms with E-state index in [-0.39, 0.29) is 23.3 Å². The zero-order valence-corrected chi connectivity index (χ0v) is 12.7. The minimum atomic E-state index is -2.90. The van der Waals surface area contributed by atoms with Gasteiger partial charge in [0, 0.05) is 35.9 Å². The minimum absolute atomic E-state index is 0.0151. The lowest BCUT2D eigenvalue weighted by Gasteiger charge is -2.24. The first kappa shape index (κ1) is 14.3. The van der Waals surface area contributed by atoms with Crippen LogP contribution in [0.2, 0.25) is 0 Å². The van der Waals surface area contributed by atoms with Gasteiger partial charge in [-0.05, 0) is 31.0 Å². The molecule has 1 saturated heterocycles. The normalized spacial score (nSPS) is 21.1. The van der Waals surface area contributed by atoms with Crippen molar-refractivity contribution in [2.75, 3.05) is 18.6 Å². The van der Waals surface area contributed by atoms with E-state index in [1.54, 1.807) is 18.5 Å². The van der Waals surface area contributed by atoms with Gasteiger partial charge in [0.25, 0.3) is 0 Å². The molecule has 2 aromatic rings. The molecule has 1 atom stereocenters. The van der Waals surface area contributed by atoms with E-state index in [1.807, 2.05) is 24.1 Å². The van der Waals surface area contributed by atoms with Crippen molar-refractivity contribution in [2.24, 2.45) is 0 Å². The van der Waals surface area contributed by atoms with Crippen molar-refractivity contribution in [1.29, 1.82) is 0 Å². The summed E-state index contributed by atoms with van der Waals surface area (Å²) in [5.41, 5.74) is 0.799. The molecule has 0 radical (unpaired) electrons. The summed E-state index contributed by atoms with van der Waals surface area (Å²) >= 11 is 0. The number of aromatic hydroxyl groups is 1. The van der Waals surface area contributed by atoms with Crippen LogP contribution in [0.25, 0.3) is 10.8 Å². The molecule has 5 nitrogen and oxygen atoms in total. The molecule has 1 fully saturated rings. The Morgan fingerprint density at radius 2 is 2.19 bits per heavy atom. The maximum absolute atomic E-state index is 11.6. The number of benzene rings is 1. The predicted molar refractivity (Wildman–Crippen MR) is 81.9 cm³/mol. The Labute approximate surface area is 124 Å². The monoisotopic (exact) mass is 306 g/mol. The molecule has 0 saturated carbocycles. The molecule has 21 heavy (non-hydrogen) atoms. The third kappa shape index (κ3) is 2.87. The summed E-state index contributed by atoms with van der Waals surface area (Å²) in [7, 11) is -0.999. The van der Waals surface area contributed by atoms with Gasteiger partial charge in [-0.2, -0.15) is 0 Å². The Kier molecular flexibility index (Phi) is 3.59. The molecule has 1 N–H and O–H groups in total. The first-order chi connectivity index (χ1) is 9.96. The average molecular weight is 306 g/mol. The standard InChI is InChI=1S/C15H18N2O3S/c1-17(12-5-7-21(19,20)10-12)9-14-13-8-16-6-4-11(13)2-3-15(14)18/h2-4,6,8,12,18H,5,7,9-10H2,1H3/t12-/m0/s1. The van der Waals surface area contributed by atoms with Crippen LogP contribution in [0.15, 0.2) is 30.6 Å². The molecule has 1 aromatic carbocycles. The second-order valence-electron chi connectivity index (χ2n) is 5.63. The largest absolute Gasteiger partial charge is 0.508 e. The number of hydrogen-bond donors (Lipinski definition) is 1. The first-order valence-corrected chi connectivity index (χ1v) is 8.74. The highest BCUT2D eigenvalue weighted by Crippen LogP contribution is 2.29. The van der Waals surface area contributed by atoms with E-state index in [4.69, 9.17) is 0 Å². The molecule has 0 unspecified atom stereocenters. The lowest BCUT2D eigenvalue weighted by atomic mass is 10.0. The Balaban J connectivity index is 1.89. The van der Waals surface area contributed by atoms with Crippen LogP contribution in [0.3, 0.4) is 0 Å². The Bertz CT molecular complexity index is 774. The van der Waals surface area contributed by atoms with Crippen molar-refractivity contribution >= 4 is 20.6 Å². The highest BCUT2D eigenvalue weighted by atomic mass is 32.2. The molecule has 0 spiro atoms. The van der Waals surface area contributed by atoms with Gasteiger partial charge < -0.3 is 5.11 Å². The smallest absolute Gasteiger partial charge is 0.151 e. The number of pyridine rings is 1. The van der Waals surface area contributed by atoms with Crippen molar-refractivity contribution in [3.05, 3.63) is 36.2 Å². The summed E-state index contributed by atoms with van der Waals surface area (Å²) in [5, 5.41) is 12.1. The maximum atomic E-state index is 11.6. The zero-order chi connectivity index (χ0) is 15.0. The average Bonchev–Trinajstić information content (AvgIpc) is 2.82. The second kappa shape index (κ2) is 5.27. The van der Waals surface area contributed by atoms with E-state index in [1.165, 1.54) is 0 Å². The number of aromatic nitrogens is 1. The quantitative estimate of drug-likeness (QED) is 0.932. The lowest BCUT2D eigenvalue weighted by Crippen LogP contribution is -2.32. The van der Waals surface area contributed by atoms with Crippen LogP contribution < -0.4 is 0 Å². The highest BCUT2D eigenvalue weighted by Gasteiger charge is 2.30. The van der Waals surface area contributed by atoms with Crippen molar-refractivity contribution < 1.29 is 13.5 Å². The van der Waals surface area contributed by atoms with Gasteiger partial charge in [-0.15, -0.1) is 0 Å². The Hall–Kier alpha value is -1.66. The lowest BCUT2D eigenvalue weighted by molar-refractivity contribution is 0.251. The molecular weight excluding hydrogens is 288 g/mol. The number of sulfone groups is 1. The van der Waals surface area contributed by atoms with Crippen LogP contribution in [-0.2, 0) is 16.4 Å². The molecule has 0 bridgehead atoms. The Morgan fingerprint density at radius 1 is 1.38 bits per heavy atom. The van der Waals surface area contributed by atoms with Gasteiger partial charge in [-0.3, -0.25) is 9.88 Å². The molecule has 0 amide bonds. The van der Waals surface area contributed by atoms with Gasteiger partial charge in [0.15, 0.2) is 9.84 Å². The SMILES string of the molecule is CN(Cc1c(O)ccc2ccncc12)[C@H]1CCS(=O)(=O)C1. The molecule has 6 heteroatoms. The Morgan fingerprint density at radius 3 is 2.90 bits per heavy atom. The van der Waals surface area contributed by atoms with E-state index in [9.17, 15) is 13.5 Å². The summed E-state index contributed by atoms with van der Waals surface area (Å²) < 4.78 is 23.2. The summed E-state index contributed by atoms with van der Waals surface area (Å²) in [6.45, 7) is 0.509. The first-order valence-electron chi connectivity index (χ1n) is 6.91. The molecule has 3 rings (SSSR count). The van der Waals surface area contributed by atoms with Crippen LogP contribution in [0.4, 0.5) is 0 Å². The number of phenolic OH excluding ortho intramolecular Hbond substituents is 1. The van der Waals surface area contributed by atoms with Crippen LogP contribution >= 0.6 is 0 Å². The van der Waals surface area contributed by atoms with E-state index in [0.717, 1.165) is 16.3 Å². The fourth-order valence-electron chi connectivity index (χ4n) is 2.88. The van der Waals surface area contributed by atoms with Crippen LogP contribution in [0.1, 0.15) is 12.0 Å². The third-order valence-corrected chi connectivity index (χ3v) is 5.90. The molecule has 1 aliphatic heterocycles. The van der Waals surface area contributed by atoms with Gasteiger partial charge in [0.1, 0.15) is 5.75 Å². The predicted octanol–water partition coefficient (Wildman–Crippen LogP) is 1.56. The summed E-state index contributed by atoms with van der Waals surface area (Å²) in [6, 6.07) is 5.45. The van der Waals surface area contributed by atoms with Crippen molar-refractivity contribution in [3.63, 3.8) is 0 Å². The third-order valence-electron chi connectivity index (χ3n) is 4.15. The minimum Gasteiger partial charge on any atom is -0.508 e. The molecular formula is C15H18N2O3S. The molecule has 112 valence electrons. The number of nitrogens with zero attached hydrogens (tertiary/aromatic N) is 2. The van der Waals surface area contributed by atoms with Gasteiger partial charge in [0.2, 0.25) is 0 Å². The van der Waals surface area contributed by atoms with Crippen molar-refractivity contribution in [2.45, 2.75) is 19.0 Å². The summed E-state index contributed by atoms with van der Waals surface area (Å²) in [6.07, 6.45) is 4.11. The fraction of sp³-hybridized carbons (Fsp3) is 0.400. The van der Waals surface area contributed by atoms with E-state index >= 15 is 0 Å².